The molecule has 1 fully saturated rings. The van der Waals surface area contributed by atoms with Crippen molar-refractivity contribution in [3.05, 3.63) is 0 Å². The Labute approximate surface area is 104 Å². The molecule has 5 nitrogen and oxygen atoms in total. The van der Waals surface area contributed by atoms with Crippen molar-refractivity contribution in [2.75, 3.05) is 45.8 Å². The molecule has 0 spiro atoms. The van der Waals surface area contributed by atoms with E-state index in [2.05, 4.69) is 16.7 Å². The molecule has 1 atom stereocenters. The molecule has 0 aromatic heterocycles. The smallest absolute Gasteiger partial charge is 0.218 e. The maximum absolute atomic E-state index is 10.7. The van der Waals surface area contributed by atoms with Gasteiger partial charge in [0.2, 0.25) is 5.91 Å². The molecular formula is C12H26N4O. The highest BCUT2D eigenvalue weighted by molar-refractivity contribution is 5.73. The lowest BCUT2D eigenvalue weighted by Crippen LogP contribution is -2.35. The monoisotopic (exact) mass is 242 g/mol. The van der Waals surface area contributed by atoms with Crippen LogP contribution in [-0.2, 0) is 4.79 Å². The Bertz CT molecular complexity index is 235. The van der Waals surface area contributed by atoms with Gasteiger partial charge in [0.25, 0.3) is 0 Å². The van der Waals surface area contributed by atoms with Crippen LogP contribution in [0.1, 0.15) is 19.8 Å². The number of hydrogen-bond donors (Lipinski definition) is 2. The van der Waals surface area contributed by atoms with E-state index in [9.17, 15) is 4.79 Å². The van der Waals surface area contributed by atoms with E-state index in [1.807, 2.05) is 0 Å². The molecule has 4 N–H and O–H groups in total. The number of nitrogens with two attached hydrogens (primary N) is 2. The Morgan fingerprint density at radius 3 is 2.53 bits per heavy atom. The fourth-order valence-corrected chi connectivity index (χ4v) is 2.21. The summed E-state index contributed by atoms with van der Waals surface area (Å²) >= 11 is 0. The molecule has 1 amide bonds. The Morgan fingerprint density at radius 2 is 1.88 bits per heavy atom. The van der Waals surface area contributed by atoms with Crippen molar-refractivity contribution in [2.24, 2.45) is 17.4 Å². The number of amides is 1. The number of hydrogen-bond acceptors (Lipinski definition) is 4. The summed E-state index contributed by atoms with van der Waals surface area (Å²) in [6.45, 7) is 9.14. The second kappa shape index (κ2) is 7.63. The van der Waals surface area contributed by atoms with E-state index in [4.69, 9.17) is 11.5 Å². The molecule has 0 saturated carbocycles. The maximum atomic E-state index is 10.7. The van der Waals surface area contributed by atoms with Crippen LogP contribution < -0.4 is 11.5 Å². The second-order valence-electron chi connectivity index (χ2n) is 5.05. The SMILES string of the molecule is CC(CN)CN1CCCN(CCC(N)=O)CC1. The van der Waals surface area contributed by atoms with Crippen molar-refractivity contribution in [3.8, 4) is 0 Å². The van der Waals surface area contributed by atoms with E-state index in [-0.39, 0.29) is 5.91 Å². The largest absolute Gasteiger partial charge is 0.370 e. The second-order valence-corrected chi connectivity index (χ2v) is 5.05. The predicted molar refractivity (Wildman–Crippen MR) is 69.5 cm³/mol. The molecule has 1 heterocycles. The molecule has 0 aromatic carbocycles. The van der Waals surface area contributed by atoms with Gasteiger partial charge in [0, 0.05) is 32.6 Å². The zero-order chi connectivity index (χ0) is 12.7. The van der Waals surface area contributed by atoms with Crippen LogP contribution in [0.4, 0.5) is 0 Å². The lowest BCUT2D eigenvalue weighted by molar-refractivity contribution is -0.118. The van der Waals surface area contributed by atoms with E-state index in [0.717, 1.165) is 52.2 Å². The van der Waals surface area contributed by atoms with Gasteiger partial charge in [-0.25, -0.2) is 0 Å². The zero-order valence-electron chi connectivity index (χ0n) is 10.9. The Morgan fingerprint density at radius 1 is 1.24 bits per heavy atom. The molecule has 100 valence electrons. The van der Waals surface area contributed by atoms with Gasteiger partial charge in [-0.3, -0.25) is 4.79 Å². The summed E-state index contributed by atoms with van der Waals surface area (Å²) in [6.07, 6.45) is 1.63. The topological polar surface area (TPSA) is 75.6 Å². The maximum Gasteiger partial charge on any atom is 0.218 e. The minimum absolute atomic E-state index is 0.206. The first-order valence-corrected chi connectivity index (χ1v) is 6.55. The first-order valence-electron chi connectivity index (χ1n) is 6.55. The first-order chi connectivity index (χ1) is 8.11. The van der Waals surface area contributed by atoms with Crippen LogP contribution in [0.25, 0.3) is 0 Å². The van der Waals surface area contributed by atoms with Crippen molar-refractivity contribution in [1.82, 2.24) is 9.80 Å². The summed E-state index contributed by atoms with van der Waals surface area (Å²) in [5, 5.41) is 0. The van der Waals surface area contributed by atoms with Gasteiger partial charge in [0.05, 0.1) is 0 Å². The van der Waals surface area contributed by atoms with E-state index in [0.29, 0.717) is 12.3 Å². The summed E-state index contributed by atoms with van der Waals surface area (Å²) in [6, 6.07) is 0. The summed E-state index contributed by atoms with van der Waals surface area (Å²) in [4.78, 5) is 15.6. The highest BCUT2D eigenvalue weighted by Gasteiger charge is 2.16. The molecule has 0 aromatic rings. The third kappa shape index (κ3) is 6.00. The molecule has 17 heavy (non-hydrogen) atoms. The van der Waals surface area contributed by atoms with Crippen LogP contribution in [0.15, 0.2) is 0 Å². The predicted octanol–water partition coefficient (Wildman–Crippen LogP) is -0.536. The fraction of sp³-hybridized carbons (Fsp3) is 0.917. The van der Waals surface area contributed by atoms with Crippen molar-refractivity contribution in [3.63, 3.8) is 0 Å². The lowest BCUT2D eigenvalue weighted by Gasteiger charge is -2.23. The zero-order valence-corrected chi connectivity index (χ0v) is 10.9. The van der Waals surface area contributed by atoms with Gasteiger partial charge in [-0.2, -0.15) is 0 Å². The number of primary amides is 1. The molecule has 1 saturated heterocycles. The highest BCUT2D eigenvalue weighted by atomic mass is 16.1. The average molecular weight is 242 g/mol. The first kappa shape index (κ1) is 14.4. The van der Waals surface area contributed by atoms with Gasteiger partial charge in [0.15, 0.2) is 0 Å². The van der Waals surface area contributed by atoms with Crippen molar-refractivity contribution in [2.45, 2.75) is 19.8 Å². The third-order valence-corrected chi connectivity index (χ3v) is 3.33. The molecule has 1 unspecified atom stereocenters. The molecule has 0 radical (unpaired) electrons. The molecule has 1 aliphatic rings. The van der Waals surface area contributed by atoms with E-state index < -0.39 is 0 Å². The normalized spacial score (nSPS) is 21.1. The minimum Gasteiger partial charge on any atom is -0.370 e. The standard InChI is InChI=1S/C12H26N4O/c1-11(9-13)10-16-5-2-4-15(7-8-16)6-3-12(14)17/h11H,2-10,13H2,1H3,(H2,14,17). The number of rotatable bonds is 6. The molecule has 0 aliphatic carbocycles. The third-order valence-electron chi connectivity index (χ3n) is 3.33. The van der Waals surface area contributed by atoms with Crippen LogP contribution in [0.3, 0.4) is 0 Å². The van der Waals surface area contributed by atoms with Crippen molar-refractivity contribution < 1.29 is 4.79 Å². The van der Waals surface area contributed by atoms with Gasteiger partial charge in [-0.15, -0.1) is 0 Å². The Balaban J connectivity index is 2.26. The lowest BCUT2D eigenvalue weighted by atomic mass is 10.1. The summed E-state index contributed by atoms with van der Waals surface area (Å²) in [7, 11) is 0. The Kier molecular flexibility index (Phi) is 6.47. The summed E-state index contributed by atoms with van der Waals surface area (Å²) < 4.78 is 0. The van der Waals surface area contributed by atoms with E-state index in [1.54, 1.807) is 0 Å². The minimum atomic E-state index is -0.206. The summed E-state index contributed by atoms with van der Waals surface area (Å²) in [5.41, 5.74) is 10.8. The highest BCUT2D eigenvalue weighted by Crippen LogP contribution is 2.06. The quantitative estimate of drug-likeness (QED) is 0.656. The number of carbonyl (C=O) groups is 1. The van der Waals surface area contributed by atoms with E-state index in [1.165, 1.54) is 0 Å². The van der Waals surface area contributed by atoms with Crippen LogP contribution in [0.5, 0.6) is 0 Å². The number of nitrogens with zero attached hydrogens (tertiary/aromatic N) is 2. The van der Waals surface area contributed by atoms with Crippen LogP contribution in [0.2, 0.25) is 0 Å². The Hall–Kier alpha value is -0.650. The van der Waals surface area contributed by atoms with Gasteiger partial charge in [-0.05, 0) is 32.0 Å². The number of carbonyl (C=O) groups excluding carboxylic acids is 1. The van der Waals surface area contributed by atoms with E-state index >= 15 is 0 Å². The van der Waals surface area contributed by atoms with Crippen molar-refractivity contribution >= 4 is 5.91 Å². The molecular weight excluding hydrogens is 216 g/mol. The van der Waals surface area contributed by atoms with Gasteiger partial charge in [0.1, 0.15) is 0 Å². The summed E-state index contributed by atoms with van der Waals surface area (Å²) in [5.74, 6) is 0.357. The van der Waals surface area contributed by atoms with Crippen LogP contribution in [-0.4, -0.2) is 61.5 Å². The molecule has 1 rings (SSSR count). The van der Waals surface area contributed by atoms with Crippen LogP contribution >= 0.6 is 0 Å². The molecule has 5 heteroatoms. The van der Waals surface area contributed by atoms with Gasteiger partial charge >= 0.3 is 0 Å². The van der Waals surface area contributed by atoms with Crippen LogP contribution in [0, 0.1) is 5.92 Å². The van der Waals surface area contributed by atoms with Gasteiger partial charge in [-0.1, -0.05) is 6.92 Å². The van der Waals surface area contributed by atoms with Crippen molar-refractivity contribution in [1.29, 1.82) is 0 Å². The molecule has 0 bridgehead atoms. The van der Waals surface area contributed by atoms with Gasteiger partial charge < -0.3 is 21.3 Å². The fourth-order valence-electron chi connectivity index (χ4n) is 2.21. The molecule has 1 aliphatic heterocycles. The average Bonchev–Trinajstić information content (AvgIpc) is 2.52.